The molecule has 0 saturated carbocycles. The van der Waals surface area contributed by atoms with Crippen molar-refractivity contribution in [2.45, 2.75) is 0 Å². The summed E-state index contributed by atoms with van der Waals surface area (Å²) in [6.07, 6.45) is 0. The van der Waals surface area contributed by atoms with Crippen LogP contribution in [-0.2, 0) is 4.79 Å². The quantitative estimate of drug-likeness (QED) is 0.878. The average molecular weight is 330 g/mol. The Bertz CT molecular complexity index is 799. The van der Waals surface area contributed by atoms with Crippen LogP contribution in [0.5, 0.6) is 5.75 Å². The first-order chi connectivity index (χ1) is 11.0. The van der Waals surface area contributed by atoms with E-state index in [1.165, 1.54) is 24.3 Å². The zero-order valence-corrected chi connectivity index (χ0v) is 12.6. The minimum absolute atomic E-state index is 0.0942. The number of nitrogens with one attached hydrogen (secondary N) is 1. The largest absolute Gasteiger partial charge is 0.483 e. The third kappa shape index (κ3) is 4.46. The van der Waals surface area contributed by atoms with Crippen molar-refractivity contribution in [3.05, 3.63) is 58.6 Å². The van der Waals surface area contributed by atoms with E-state index in [-0.39, 0.29) is 17.9 Å². The molecule has 0 fully saturated rings. The van der Waals surface area contributed by atoms with Gasteiger partial charge in [0.2, 0.25) is 0 Å². The summed E-state index contributed by atoms with van der Waals surface area (Å²) in [5, 5.41) is 11.7. The van der Waals surface area contributed by atoms with Crippen molar-refractivity contribution >= 4 is 29.1 Å². The fourth-order valence-electron chi connectivity index (χ4n) is 1.83. The fourth-order valence-corrected chi connectivity index (χ4v) is 2.00. The Morgan fingerprint density at radius 3 is 2.74 bits per heavy atom. The second kappa shape index (κ2) is 7.29. The van der Waals surface area contributed by atoms with E-state index in [0.717, 1.165) is 0 Å². The molecule has 2 aromatic carbocycles. The predicted octanol–water partition coefficient (Wildman–Crippen LogP) is 2.33. The number of primary amides is 1. The molecule has 3 N–H and O–H groups in total. The molecule has 0 aromatic heterocycles. The third-order valence-electron chi connectivity index (χ3n) is 2.84. The summed E-state index contributed by atoms with van der Waals surface area (Å²) in [5.74, 6) is -0.974. The summed E-state index contributed by atoms with van der Waals surface area (Å²) in [5.41, 5.74) is 6.23. The van der Waals surface area contributed by atoms with Crippen LogP contribution in [0.3, 0.4) is 0 Å². The van der Waals surface area contributed by atoms with Gasteiger partial charge in [0, 0.05) is 10.7 Å². The molecule has 0 aliphatic carbocycles. The topological polar surface area (TPSA) is 105 Å². The van der Waals surface area contributed by atoms with E-state index in [1.807, 2.05) is 6.07 Å². The number of nitrogens with zero attached hydrogens (tertiary/aromatic N) is 1. The van der Waals surface area contributed by atoms with Gasteiger partial charge in [0.25, 0.3) is 11.8 Å². The zero-order valence-electron chi connectivity index (χ0n) is 11.9. The van der Waals surface area contributed by atoms with Crippen LogP contribution in [-0.4, -0.2) is 18.4 Å². The molecule has 0 radical (unpaired) electrons. The number of ether oxygens (including phenoxy) is 1. The number of nitriles is 1. The molecule has 2 aromatic rings. The normalized spacial score (nSPS) is 9.74. The van der Waals surface area contributed by atoms with Gasteiger partial charge in [-0.25, -0.2) is 0 Å². The van der Waals surface area contributed by atoms with Gasteiger partial charge in [-0.05, 0) is 36.4 Å². The number of nitrogens with two attached hydrogens (primary N) is 1. The number of hydrogen-bond acceptors (Lipinski definition) is 4. The van der Waals surface area contributed by atoms with Crippen molar-refractivity contribution in [2.24, 2.45) is 5.73 Å². The van der Waals surface area contributed by atoms with Crippen molar-refractivity contribution < 1.29 is 14.3 Å². The smallest absolute Gasteiger partial charge is 0.262 e. The van der Waals surface area contributed by atoms with E-state index in [4.69, 9.17) is 27.3 Å². The molecule has 0 aliphatic heterocycles. The number of amides is 2. The van der Waals surface area contributed by atoms with Crippen molar-refractivity contribution in [3.8, 4) is 11.8 Å². The Morgan fingerprint density at radius 2 is 2.04 bits per heavy atom. The molecule has 0 atom stereocenters. The maximum Gasteiger partial charge on any atom is 0.262 e. The van der Waals surface area contributed by atoms with Gasteiger partial charge in [-0.3, -0.25) is 9.59 Å². The van der Waals surface area contributed by atoms with Gasteiger partial charge in [0.05, 0.1) is 17.2 Å². The number of carbonyl (C=O) groups is 2. The van der Waals surface area contributed by atoms with Gasteiger partial charge in [0.1, 0.15) is 5.75 Å². The standard InChI is InChI=1S/C16H12ClN3O3/c17-11-4-5-14(13(7-11)16(19)22)23-9-15(21)20-12-3-1-2-10(6-12)8-18/h1-7H,9H2,(H2,19,22)(H,20,21). The highest BCUT2D eigenvalue weighted by molar-refractivity contribution is 6.31. The van der Waals surface area contributed by atoms with Gasteiger partial charge >= 0.3 is 0 Å². The minimum atomic E-state index is -0.704. The van der Waals surface area contributed by atoms with Crippen LogP contribution in [0.15, 0.2) is 42.5 Å². The zero-order chi connectivity index (χ0) is 16.8. The molecular weight excluding hydrogens is 318 g/mol. The molecule has 0 saturated heterocycles. The number of anilines is 1. The Morgan fingerprint density at radius 1 is 1.26 bits per heavy atom. The maximum absolute atomic E-state index is 11.9. The van der Waals surface area contributed by atoms with Crippen LogP contribution in [0.4, 0.5) is 5.69 Å². The van der Waals surface area contributed by atoms with Crippen LogP contribution in [0.2, 0.25) is 5.02 Å². The van der Waals surface area contributed by atoms with Crippen molar-refractivity contribution in [1.82, 2.24) is 0 Å². The van der Waals surface area contributed by atoms with Crippen LogP contribution >= 0.6 is 11.6 Å². The Hall–Kier alpha value is -3.04. The van der Waals surface area contributed by atoms with Crippen molar-refractivity contribution in [3.63, 3.8) is 0 Å². The lowest BCUT2D eigenvalue weighted by Gasteiger charge is -2.10. The first-order valence-electron chi connectivity index (χ1n) is 6.52. The number of carbonyl (C=O) groups excluding carboxylic acids is 2. The summed E-state index contributed by atoms with van der Waals surface area (Å²) in [7, 11) is 0. The molecule has 0 unspecified atom stereocenters. The molecular formula is C16H12ClN3O3. The molecule has 23 heavy (non-hydrogen) atoms. The van der Waals surface area contributed by atoms with E-state index in [9.17, 15) is 9.59 Å². The number of rotatable bonds is 5. The number of halogens is 1. The highest BCUT2D eigenvalue weighted by Gasteiger charge is 2.12. The van der Waals surface area contributed by atoms with Gasteiger partial charge in [-0.2, -0.15) is 5.26 Å². The van der Waals surface area contributed by atoms with Gasteiger partial charge in [0.15, 0.2) is 6.61 Å². The Labute approximate surface area is 137 Å². The highest BCUT2D eigenvalue weighted by Crippen LogP contribution is 2.22. The second-order valence-electron chi connectivity index (χ2n) is 4.53. The van der Waals surface area contributed by atoms with Gasteiger partial charge < -0.3 is 15.8 Å². The maximum atomic E-state index is 11.9. The summed E-state index contributed by atoms with van der Waals surface area (Å²) < 4.78 is 5.31. The van der Waals surface area contributed by atoms with Crippen molar-refractivity contribution in [1.29, 1.82) is 5.26 Å². The van der Waals surface area contributed by atoms with Gasteiger partial charge in [-0.1, -0.05) is 17.7 Å². The minimum Gasteiger partial charge on any atom is -0.483 e. The summed E-state index contributed by atoms with van der Waals surface area (Å²) in [6, 6.07) is 12.8. The summed E-state index contributed by atoms with van der Waals surface area (Å²) >= 11 is 5.79. The highest BCUT2D eigenvalue weighted by atomic mass is 35.5. The Balaban J connectivity index is 2.02. The SMILES string of the molecule is N#Cc1cccc(NC(=O)COc2ccc(Cl)cc2C(N)=O)c1. The Kier molecular flexibility index (Phi) is 5.18. The van der Waals surface area contributed by atoms with Crippen LogP contribution in [0, 0.1) is 11.3 Å². The average Bonchev–Trinajstić information content (AvgIpc) is 2.53. The van der Waals surface area contributed by atoms with Gasteiger partial charge in [-0.15, -0.1) is 0 Å². The first kappa shape index (κ1) is 16.3. The second-order valence-corrected chi connectivity index (χ2v) is 4.97. The predicted molar refractivity (Wildman–Crippen MR) is 85.3 cm³/mol. The molecule has 2 rings (SSSR count). The molecule has 0 aliphatic rings. The molecule has 0 bridgehead atoms. The van der Waals surface area contributed by atoms with Crippen LogP contribution < -0.4 is 15.8 Å². The fraction of sp³-hybridized carbons (Fsp3) is 0.0625. The van der Waals surface area contributed by atoms with Crippen LogP contribution in [0.25, 0.3) is 0 Å². The van der Waals surface area contributed by atoms with E-state index in [1.54, 1.807) is 18.2 Å². The van der Waals surface area contributed by atoms with Crippen molar-refractivity contribution in [2.75, 3.05) is 11.9 Å². The van der Waals surface area contributed by atoms with E-state index in [2.05, 4.69) is 5.32 Å². The van der Waals surface area contributed by atoms with E-state index >= 15 is 0 Å². The lowest BCUT2D eigenvalue weighted by atomic mass is 10.2. The first-order valence-corrected chi connectivity index (χ1v) is 6.89. The molecule has 7 heteroatoms. The lowest BCUT2D eigenvalue weighted by molar-refractivity contribution is -0.118. The lowest BCUT2D eigenvalue weighted by Crippen LogP contribution is -2.21. The molecule has 2 amide bonds. The third-order valence-corrected chi connectivity index (χ3v) is 3.08. The molecule has 116 valence electrons. The molecule has 0 spiro atoms. The molecule has 6 nitrogen and oxygen atoms in total. The van der Waals surface area contributed by atoms with Crippen LogP contribution in [0.1, 0.15) is 15.9 Å². The summed E-state index contributed by atoms with van der Waals surface area (Å²) in [4.78, 5) is 23.2. The van der Waals surface area contributed by atoms with E-state index in [0.29, 0.717) is 16.3 Å². The summed E-state index contributed by atoms with van der Waals surface area (Å²) in [6.45, 7) is -0.321. The van der Waals surface area contributed by atoms with E-state index < -0.39 is 11.8 Å². The number of hydrogen-bond donors (Lipinski definition) is 2. The number of benzene rings is 2. The molecule has 0 heterocycles. The monoisotopic (exact) mass is 329 g/mol.